The molecule has 1 atom stereocenters. The predicted octanol–water partition coefficient (Wildman–Crippen LogP) is 0.506. The lowest BCUT2D eigenvalue weighted by atomic mass is 10.3. The Bertz CT molecular complexity index is 412. The van der Waals surface area contributed by atoms with Gasteiger partial charge < -0.3 is 10.4 Å². The van der Waals surface area contributed by atoms with Crippen molar-refractivity contribution >= 4 is 11.8 Å². The number of rotatable bonds is 3. The fraction of sp³-hybridized carbons (Fsp3) is 0.273. The lowest BCUT2D eigenvalue weighted by Crippen LogP contribution is -2.39. The van der Waals surface area contributed by atoms with E-state index in [1.165, 1.54) is 0 Å². The molecule has 0 bridgehead atoms. The van der Waals surface area contributed by atoms with E-state index in [0.29, 0.717) is 5.82 Å². The molecule has 0 fully saturated rings. The Morgan fingerprint density at radius 3 is 3.00 bits per heavy atom. The third-order valence-corrected chi connectivity index (χ3v) is 1.82. The van der Waals surface area contributed by atoms with Gasteiger partial charge in [-0.15, -0.1) is 6.42 Å². The standard InChI is InChI=1S/C11H13N3O2/c1-3-9(7-15)13-11(16)14-10-6-4-5-8(2)12-10/h1,4-6,9,15H,7H2,2H3,(H2,12,13,14,16). The van der Waals surface area contributed by atoms with Crippen molar-refractivity contribution in [1.82, 2.24) is 10.3 Å². The number of aryl methyl sites for hydroxylation is 1. The van der Waals surface area contributed by atoms with Crippen molar-refractivity contribution in [2.75, 3.05) is 11.9 Å². The number of aliphatic hydroxyl groups is 1. The molecule has 0 aliphatic heterocycles. The van der Waals surface area contributed by atoms with Crippen LogP contribution in [0.1, 0.15) is 5.69 Å². The van der Waals surface area contributed by atoms with Gasteiger partial charge >= 0.3 is 6.03 Å². The van der Waals surface area contributed by atoms with Crippen LogP contribution in [0.3, 0.4) is 0 Å². The minimum Gasteiger partial charge on any atom is -0.393 e. The molecule has 2 amide bonds. The minimum absolute atomic E-state index is 0.300. The van der Waals surface area contributed by atoms with Gasteiger partial charge in [-0.25, -0.2) is 9.78 Å². The van der Waals surface area contributed by atoms with Gasteiger partial charge in [-0.05, 0) is 19.1 Å². The Morgan fingerprint density at radius 1 is 1.69 bits per heavy atom. The summed E-state index contributed by atoms with van der Waals surface area (Å²) in [5, 5.41) is 13.7. The van der Waals surface area contributed by atoms with Gasteiger partial charge in [-0.2, -0.15) is 0 Å². The molecule has 0 aliphatic rings. The van der Waals surface area contributed by atoms with Crippen molar-refractivity contribution < 1.29 is 9.90 Å². The maximum absolute atomic E-state index is 11.4. The molecule has 1 aromatic rings. The monoisotopic (exact) mass is 219 g/mol. The van der Waals surface area contributed by atoms with Crippen LogP contribution < -0.4 is 10.6 Å². The molecule has 0 saturated heterocycles. The van der Waals surface area contributed by atoms with Crippen LogP contribution in [-0.4, -0.2) is 28.8 Å². The van der Waals surface area contributed by atoms with Crippen molar-refractivity contribution in [1.29, 1.82) is 0 Å². The molecular weight excluding hydrogens is 206 g/mol. The van der Waals surface area contributed by atoms with Crippen LogP contribution in [0.4, 0.5) is 10.6 Å². The lowest BCUT2D eigenvalue weighted by molar-refractivity contribution is 0.237. The third-order valence-electron chi connectivity index (χ3n) is 1.82. The van der Waals surface area contributed by atoms with Gasteiger partial charge in [-0.1, -0.05) is 12.0 Å². The zero-order valence-electron chi connectivity index (χ0n) is 8.90. The average molecular weight is 219 g/mol. The molecule has 84 valence electrons. The molecule has 5 heteroatoms. The number of aromatic nitrogens is 1. The highest BCUT2D eigenvalue weighted by Gasteiger charge is 2.08. The van der Waals surface area contributed by atoms with E-state index in [9.17, 15) is 4.79 Å². The molecule has 0 saturated carbocycles. The number of amides is 2. The zero-order chi connectivity index (χ0) is 12.0. The third kappa shape index (κ3) is 3.59. The molecule has 16 heavy (non-hydrogen) atoms. The first-order chi connectivity index (χ1) is 7.65. The fourth-order valence-electron chi connectivity index (χ4n) is 1.06. The molecular formula is C11H13N3O2. The van der Waals surface area contributed by atoms with E-state index in [0.717, 1.165) is 5.69 Å². The first kappa shape index (κ1) is 12.0. The van der Waals surface area contributed by atoms with Gasteiger partial charge in [0, 0.05) is 5.69 Å². The summed E-state index contributed by atoms with van der Waals surface area (Å²) >= 11 is 0. The molecule has 0 radical (unpaired) electrons. The van der Waals surface area contributed by atoms with Crippen molar-refractivity contribution in [2.24, 2.45) is 0 Å². The molecule has 0 spiro atoms. The van der Waals surface area contributed by atoms with Crippen molar-refractivity contribution in [3.63, 3.8) is 0 Å². The molecule has 0 aromatic carbocycles. The lowest BCUT2D eigenvalue weighted by Gasteiger charge is -2.10. The minimum atomic E-state index is -0.690. The highest BCUT2D eigenvalue weighted by atomic mass is 16.3. The van der Waals surface area contributed by atoms with E-state index in [2.05, 4.69) is 21.5 Å². The predicted molar refractivity (Wildman–Crippen MR) is 60.8 cm³/mol. The second-order valence-electron chi connectivity index (χ2n) is 3.16. The summed E-state index contributed by atoms with van der Waals surface area (Å²) in [6, 6.07) is 4.08. The summed E-state index contributed by atoms with van der Waals surface area (Å²) in [7, 11) is 0. The number of carbonyl (C=O) groups excluding carboxylic acids is 1. The quantitative estimate of drug-likeness (QED) is 0.648. The summed E-state index contributed by atoms with van der Waals surface area (Å²) in [5.74, 6) is 2.67. The largest absolute Gasteiger partial charge is 0.393 e. The average Bonchev–Trinajstić information content (AvgIpc) is 2.26. The topological polar surface area (TPSA) is 74.2 Å². The van der Waals surface area contributed by atoms with Gasteiger partial charge in [0.1, 0.15) is 11.9 Å². The SMILES string of the molecule is C#CC(CO)NC(=O)Nc1cccc(C)n1. The van der Waals surface area contributed by atoms with Gasteiger partial charge in [0.2, 0.25) is 0 Å². The Balaban J connectivity index is 2.55. The highest BCUT2D eigenvalue weighted by molar-refractivity contribution is 5.88. The summed E-state index contributed by atoms with van der Waals surface area (Å²) in [6.07, 6.45) is 5.08. The summed E-state index contributed by atoms with van der Waals surface area (Å²) < 4.78 is 0. The second-order valence-corrected chi connectivity index (χ2v) is 3.16. The van der Waals surface area contributed by atoms with E-state index in [1.807, 2.05) is 13.0 Å². The molecule has 1 unspecified atom stereocenters. The highest BCUT2D eigenvalue weighted by Crippen LogP contribution is 2.03. The summed E-state index contributed by atoms with van der Waals surface area (Å²) in [6.45, 7) is 1.52. The number of hydrogen-bond donors (Lipinski definition) is 3. The van der Waals surface area contributed by atoms with Crippen LogP contribution in [0.15, 0.2) is 18.2 Å². The van der Waals surface area contributed by atoms with E-state index in [4.69, 9.17) is 11.5 Å². The maximum Gasteiger partial charge on any atom is 0.321 e. The zero-order valence-corrected chi connectivity index (χ0v) is 8.90. The van der Waals surface area contributed by atoms with Crippen LogP contribution in [0.5, 0.6) is 0 Å². The molecule has 1 rings (SSSR count). The summed E-state index contributed by atoms with van der Waals surface area (Å²) in [4.78, 5) is 15.5. The van der Waals surface area contributed by atoms with E-state index >= 15 is 0 Å². The Labute approximate surface area is 93.9 Å². The van der Waals surface area contributed by atoms with Crippen LogP contribution in [0.25, 0.3) is 0 Å². The smallest absolute Gasteiger partial charge is 0.321 e. The molecule has 1 aromatic heterocycles. The number of hydrogen-bond acceptors (Lipinski definition) is 3. The van der Waals surface area contributed by atoms with Crippen LogP contribution in [-0.2, 0) is 0 Å². The Kier molecular flexibility index (Phi) is 4.30. The number of anilines is 1. The van der Waals surface area contributed by atoms with Crippen LogP contribution in [0.2, 0.25) is 0 Å². The second kappa shape index (κ2) is 5.73. The number of nitrogens with one attached hydrogen (secondary N) is 2. The fourth-order valence-corrected chi connectivity index (χ4v) is 1.06. The maximum atomic E-state index is 11.4. The van der Waals surface area contributed by atoms with E-state index in [1.54, 1.807) is 12.1 Å². The molecule has 5 nitrogen and oxygen atoms in total. The number of aliphatic hydroxyl groups excluding tert-OH is 1. The first-order valence-corrected chi connectivity index (χ1v) is 4.74. The molecule has 3 N–H and O–H groups in total. The van der Waals surface area contributed by atoms with E-state index in [-0.39, 0.29) is 6.61 Å². The molecule has 0 aliphatic carbocycles. The van der Waals surface area contributed by atoms with Gasteiger partial charge in [0.05, 0.1) is 6.61 Å². The van der Waals surface area contributed by atoms with Gasteiger partial charge in [-0.3, -0.25) is 5.32 Å². The number of pyridine rings is 1. The number of nitrogens with zero attached hydrogens (tertiary/aromatic N) is 1. The van der Waals surface area contributed by atoms with Crippen molar-refractivity contribution in [2.45, 2.75) is 13.0 Å². The number of urea groups is 1. The number of terminal acetylenes is 1. The first-order valence-electron chi connectivity index (χ1n) is 4.74. The van der Waals surface area contributed by atoms with E-state index < -0.39 is 12.1 Å². The van der Waals surface area contributed by atoms with Gasteiger partial charge in [0.15, 0.2) is 0 Å². The van der Waals surface area contributed by atoms with Crippen molar-refractivity contribution in [3.05, 3.63) is 23.9 Å². The Hall–Kier alpha value is -2.06. The molecule has 1 heterocycles. The Morgan fingerprint density at radius 2 is 2.44 bits per heavy atom. The van der Waals surface area contributed by atoms with Gasteiger partial charge in [0.25, 0.3) is 0 Å². The number of carbonyl (C=O) groups is 1. The van der Waals surface area contributed by atoms with Crippen LogP contribution >= 0.6 is 0 Å². The normalized spacial score (nSPS) is 11.3. The summed E-state index contributed by atoms with van der Waals surface area (Å²) in [5.41, 5.74) is 0.799. The van der Waals surface area contributed by atoms with Crippen molar-refractivity contribution in [3.8, 4) is 12.3 Å². The van der Waals surface area contributed by atoms with Crippen LogP contribution in [0, 0.1) is 19.3 Å².